The number of halogens is 1. The minimum atomic E-state index is -0.315. The molecule has 18 heavy (non-hydrogen) atoms. The average Bonchev–Trinajstić information content (AvgIpc) is 2.31. The topological polar surface area (TPSA) is 38.5 Å². The number of methoxy groups -OCH3 is 1. The highest BCUT2D eigenvalue weighted by atomic mass is 19.1. The summed E-state index contributed by atoms with van der Waals surface area (Å²) in [6.07, 6.45) is 0.480. The Hall–Kier alpha value is -1.13. The summed E-state index contributed by atoms with van der Waals surface area (Å²) in [5, 5.41) is 0. The van der Waals surface area contributed by atoms with E-state index in [4.69, 9.17) is 10.5 Å². The molecule has 0 aliphatic carbocycles. The molecule has 0 radical (unpaired) electrons. The molecule has 0 heterocycles. The number of benzene rings is 1. The first-order valence-electron chi connectivity index (χ1n) is 6.05. The predicted molar refractivity (Wildman–Crippen MR) is 72.4 cm³/mol. The van der Waals surface area contributed by atoms with Crippen molar-refractivity contribution in [1.29, 1.82) is 0 Å². The summed E-state index contributed by atoms with van der Waals surface area (Å²) in [7, 11) is 5.41. The standard InChI is InChI=1S/C14H23FN2O/c1-14(2,17(3)4)12(16)9-10-7-6-8-11(18-5)13(10)15/h6-8,12H,9,16H2,1-5H3. The first-order chi connectivity index (χ1) is 8.30. The Morgan fingerprint density at radius 2 is 2.00 bits per heavy atom. The van der Waals surface area contributed by atoms with Crippen molar-refractivity contribution < 1.29 is 9.13 Å². The monoisotopic (exact) mass is 254 g/mol. The summed E-state index contributed by atoms with van der Waals surface area (Å²) in [6, 6.07) is 4.99. The number of nitrogens with two attached hydrogens (primary N) is 1. The fourth-order valence-electron chi connectivity index (χ4n) is 1.69. The maximum atomic E-state index is 14.0. The Morgan fingerprint density at radius 1 is 1.39 bits per heavy atom. The Bertz CT molecular complexity index is 405. The van der Waals surface area contributed by atoms with Crippen LogP contribution in [0, 0.1) is 5.82 Å². The maximum Gasteiger partial charge on any atom is 0.168 e. The molecule has 2 N–H and O–H groups in total. The van der Waals surface area contributed by atoms with Gasteiger partial charge in [0.05, 0.1) is 7.11 Å². The van der Waals surface area contributed by atoms with Gasteiger partial charge >= 0.3 is 0 Å². The lowest BCUT2D eigenvalue weighted by Crippen LogP contribution is -2.54. The van der Waals surface area contributed by atoms with Gasteiger partial charge in [0.1, 0.15) is 0 Å². The van der Waals surface area contributed by atoms with Crippen molar-refractivity contribution in [3.8, 4) is 5.75 Å². The zero-order valence-corrected chi connectivity index (χ0v) is 11.8. The second-order valence-electron chi connectivity index (χ2n) is 5.29. The van der Waals surface area contributed by atoms with Gasteiger partial charge in [-0.3, -0.25) is 0 Å². The van der Waals surface area contributed by atoms with Crippen LogP contribution in [0.1, 0.15) is 19.4 Å². The molecular formula is C14H23FN2O. The Kier molecular flexibility index (Phi) is 4.71. The molecule has 0 aliphatic heterocycles. The highest BCUT2D eigenvalue weighted by Gasteiger charge is 2.29. The summed E-state index contributed by atoms with van der Waals surface area (Å²) < 4.78 is 19.0. The molecule has 0 saturated carbocycles. The van der Waals surface area contributed by atoms with Gasteiger partial charge in [0.2, 0.25) is 0 Å². The van der Waals surface area contributed by atoms with Crippen molar-refractivity contribution in [2.45, 2.75) is 31.8 Å². The molecule has 1 unspecified atom stereocenters. The Morgan fingerprint density at radius 3 is 2.50 bits per heavy atom. The summed E-state index contributed by atoms with van der Waals surface area (Å²) in [5.74, 6) is -0.0487. The molecule has 1 atom stereocenters. The molecule has 1 rings (SSSR count). The second-order valence-corrected chi connectivity index (χ2v) is 5.29. The minimum absolute atomic E-state index is 0.158. The van der Waals surface area contributed by atoms with Crippen LogP contribution in [0.25, 0.3) is 0 Å². The summed E-state index contributed by atoms with van der Waals surface area (Å²) in [4.78, 5) is 2.05. The van der Waals surface area contributed by atoms with E-state index < -0.39 is 0 Å². The molecule has 0 fully saturated rings. The zero-order valence-electron chi connectivity index (χ0n) is 11.8. The number of hydrogen-bond acceptors (Lipinski definition) is 3. The zero-order chi connectivity index (χ0) is 13.9. The van der Waals surface area contributed by atoms with Gasteiger partial charge in [-0.1, -0.05) is 12.1 Å². The van der Waals surface area contributed by atoms with Crippen LogP contribution in [0.2, 0.25) is 0 Å². The van der Waals surface area contributed by atoms with E-state index in [2.05, 4.69) is 18.7 Å². The van der Waals surface area contributed by atoms with Crippen molar-refractivity contribution in [3.05, 3.63) is 29.6 Å². The van der Waals surface area contributed by atoms with Crippen molar-refractivity contribution in [2.24, 2.45) is 5.73 Å². The fourth-order valence-corrected chi connectivity index (χ4v) is 1.69. The van der Waals surface area contributed by atoms with E-state index in [0.717, 1.165) is 0 Å². The number of ether oxygens (including phenoxy) is 1. The van der Waals surface area contributed by atoms with Crippen molar-refractivity contribution >= 4 is 0 Å². The van der Waals surface area contributed by atoms with Crippen LogP contribution < -0.4 is 10.5 Å². The molecule has 0 bridgehead atoms. The maximum absolute atomic E-state index is 14.0. The van der Waals surface area contributed by atoms with Crippen LogP contribution in [0.3, 0.4) is 0 Å². The number of hydrogen-bond donors (Lipinski definition) is 1. The van der Waals surface area contributed by atoms with Gasteiger partial charge in [-0.25, -0.2) is 4.39 Å². The molecule has 1 aromatic carbocycles. The third kappa shape index (κ3) is 3.00. The lowest BCUT2D eigenvalue weighted by molar-refractivity contribution is 0.157. The van der Waals surface area contributed by atoms with Crippen molar-refractivity contribution in [1.82, 2.24) is 4.90 Å². The molecular weight excluding hydrogens is 231 g/mol. The van der Waals surface area contributed by atoms with Crippen molar-refractivity contribution in [2.75, 3.05) is 21.2 Å². The van der Waals surface area contributed by atoms with Gasteiger partial charge in [-0.05, 0) is 46.0 Å². The summed E-state index contributed by atoms with van der Waals surface area (Å²) >= 11 is 0. The molecule has 0 aliphatic rings. The molecule has 4 heteroatoms. The Balaban J connectivity index is 2.92. The van der Waals surface area contributed by atoms with Gasteiger partial charge in [-0.15, -0.1) is 0 Å². The predicted octanol–water partition coefficient (Wildman–Crippen LogP) is 2.04. The third-order valence-electron chi connectivity index (χ3n) is 3.76. The van der Waals surface area contributed by atoms with E-state index >= 15 is 0 Å². The number of likely N-dealkylation sites (N-methyl/N-ethyl adjacent to an activating group) is 1. The van der Waals surface area contributed by atoms with Crippen LogP contribution >= 0.6 is 0 Å². The van der Waals surface area contributed by atoms with Gasteiger partial charge in [0.15, 0.2) is 11.6 Å². The van der Waals surface area contributed by atoms with E-state index in [1.54, 1.807) is 18.2 Å². The summed E-state index contributed by atoms with van der Waals surface area (Å²) in [6.45, 7) is 4.10. The molecule has 0 aromatic heterocycles. The second kappa shape index (κ2) is 5.67. The molecule has 1 aromatic rings. The van der Waals surface area contributed by atoms with Crippen LogP contribution in [-0.2, 0) is 6.42 Å². The average molecular weight is 254 g/mol. The smallest absolute Gasteiger partial charge is 0.168 e. The fraction of sp³-hybridized carbons (Fsp3) is 0.571. The number of rotatable bonds is 5. The minimum Gasteiger partial charge on any atom is -0.494 e. The molecule has 3 nitrogen and oxygen atoms in total. The van der Waals surface area contributed by atoms with Crippen LogP contribution in [0.15, 0.2) is 18.2 Å². The van der Waals surface area contributed by atoms with E-state index in [-0.39, 0.29) is 23.1 Å². The number of nitrogens with zero attached hydrogens (tertiary/aromatic N) is 1. The van der Waals surface area contributed by atoms with Crippen LogP contribution in [0.4, 0.5) is 4.39 Å². The molecule has 0 spiro atoms. The van der Waals surface area contributed by atoms with Crippen molar-refractivity contribution in [3.63, 3.8) is 0 Å². The lowest BCUT2D eigenvalue weighted by Gasteiger charge is -2.38. The van der Waals surface area contributed by atoms with Gasteiger partial charge in [0, 0.05) is 11.6 Å². The van der Waals surface area contributed by atoms with E-state index in [9.17, 15) is 4.39 Å². The van der Waals surface area contributed by atoms with Gasteiger partial charge < -0.3 is 15.4 Å². The first kappa shape index (κ1) is 14.9. The van der Waals surface area contributed by atoms with E-state index in [0.29, 0.717) is 12.0 Å². The SMILES string of the molecule is COc1cccc(CC(N)C(C)(C)N(C)C)c1F. The highest BCUT2D eigenvalue weighted by Crippen LogP contribution is 2.24. The molecule has 102 valence electrons. The lowest BCUT2D eigenvalue weighted by atomic mass is 9.89. The largest absolute Gasteiger partial charge is 0.494 e. The molecule has 0 saturated heterocycles. The van der Waals surface area contributed by atoms with Gasteiger partial charge in [-0.2, -0.15) is 0 Å². The third-order valence-corrected chi connectivity index (χ3v) is 3.76. The van der Waals surface area contributed by atoms with E-state index in [1.807, 2.05) is 14.1 Å². The molecule has 0 amide bonds. The van der Waals surface area contributed by atoms with Gasteiger partial charge in [0.25, 0.3) is 0 Å². The first-order valence-corrected chi connectivity index (χ1v) is 6.05. The van der Waals surface area contributed by atoms with E-state index in [1.165, 1.54) is 7.11 Å². The van der Waals surface area contributed by atoms with Crippen LogP contribution in [-0.4, -0.2) is 37.7 Å². The quantitative estimate of drug-likeness (QED) is 0.874. The van der Waals surface area contributed by atoms with Crippen LogP contribution in [0.5, 0.6) is 5.75 Å². The summed E-state index contributed by atoms with van der Waals surface area (Å²) in [5.41, 5.74) is 6.59. The highest BCUT2D eigenvalue weighted by molar-refractivity contribution is 5.31. The Labute approximate surface area is 109 Å². The normalized spacial score (nSPS) is 13.8.